The van der Waals surface area contributed by atoms with Gasteiger partial charge >= 0.3 is 29.6 Å². The molecule has 2 unspecified atom stereocenters. The van der Waals surface area contributed by atoms with E-state index in [1.807, 2.05) is 6.92 Å². The summed E-state index contributed by atoms with van der Waals surface area (Å²) in [6.45, 7) is 4.16. The van der Waals surface area contributed by atoms with Crippen LogP contribution in [0.1, 0.15) is 142 Å². The van der Waals surface area contributed by atoms with Crippen molar-refractivity contribution in [2.45, 2.75) is 154 Å². The Labute approximate surface area is 210 Å². The van der Waals surface area contributed by atoms with Gasteiger partial charge in [0.1, 0.15) is 0 Å². The van der Waals surface area contributed by atoms with E-state index in [1.54, 1.807) is 0 Å². The number of aliphatic hydroxyl groups is 1. The first-order valence-corrected chi connectivity index (χ1v) is 14.0. The van der Waals surface area contributed by atoms with E-state index in [0.717, 1.165) is 44.9 Å². The van der Waals surface area contributed by atoms with Crippen molar-refractivity contribution in [2.75, 3.05) is 0 Å². The zero-order valence-corrected chi connectivity index (χ0v) is 23.2. The maximum Gasteiger partial charge on any atom is 1.00 e. The number of hydrogen-bond acceptors (Lipinski definition) is 4. The molecule has 0 aliphatic carbocycles. The Morgan fingerprint density at radius 3 is 1.33 bits per heavy atom. The standard InChI is InChI=1S/C24H50O4S.Na/c1-3-5-6-7-13-16-20-23(25)21-17-14-11-9-8-10-12-15-18-22-24(19-4-2)29(26,27)28;/h23-25H,3-22H2,1-2H3,(H,26,27,28);/q;+1/p-1. The summed E-state index contributed by atoms with van der Waals surface area (Å²) in [7, 11) is -4.12. The molecular formula is C24H49NaO4S. The first-order chi connectivity index (χ1) is 13.9. The third-order valence-corrected chi connectivity index (χ3v) is 7.26. The second-order valence-corrected chi connectivity index (χ2v) is 10.5. The van der Waals surface area contributed by atoms with Crippen LogP contribution in [0.4, 0.5) is 0 Å². The van der Waals surface area contributed by atoms with Crippen molar-refractivity contribution in [3.05, 3.63) is 0 Å². The second kappa shape index (κ2) is 23.0. The van der Waals surface area contributed by atoms with E-state index in [9.17, 15) is 18.1 Å². The van der Waals surface area contributed by atoms with Crippen molar-refractivity contribution in [1.82, 2.24) is 0 Å². The first kappa shape index (κ1) is 33.0. The maximum absolute atomic E-state index is 11.2. The Morgan fingerprint density at radius 2 is 0.967 bits per heavy atom. The van der Waals surface area contributed by atoms with Crippen LogP contribution in [0.25, 0.3) is 0 Å². The van der Waals surface area contributed by atoms with E-state index in [2.05, 4.69) is 6.92 Å². The number of hydrogen-bond donors (Lipinski definition) is 1. The molecule has 0 bridgehead atoms. The largest absolute Gasteiger partial charge is 1.00 e. The number of aliphatic hydroxyl groups excluding tert-OH is 1. The van der Waals surface area contributed by atoms with Crippen molar-refractivity contribution >= 4 is 10.1 Å². The van der Waals surface area contributed by atoms with E-state index in [-0.39, 0.29) is 35.7 Å². The number of unbranched alkanes of at least 4 members (excludes halogenated alkanes) is 13. The number of rotatable bonds is 22. The van der Waals surface area contributed by atoms with Crippen LogP contribution in [0.15, 0.2) is 0 Å². The summed E-state index contributed by atoms with van der Waals surface area (Å²) in [5.41, 5.74) is 0. The Hall–Kier alpha value is 0.870. The van der Waals surface area contributed by atoms with Gasteiger partial charge in [-0.15, -0.1) is 0 Å². The summed E-state index contributed by atoms with van der Waals surface area (Å²) in [4.78, 5) is 0. The molecule has 0 heterocycles. The molecule has 2 atom stereocenters. The molecule has 0 saturated carbocycles. The molecule has 0 saturated heterocycles. The van der Waals surface area contributed by atoms with Gasteiger partial charge < -0.3 is 9.66 Å². The van der Waals surface area contributed by atoms with Gasteiger partial charge in [0.25, 0.3) is 0 Å². The fraction of sp³-hybridized carbons (Fsp3) is 1.00. The van der Waals surface area contributed by atoms with Gasteiger partial charge in [0.2, 0.25) is 0 Å². The fourth-order valence-corrected chi connectivity index (χ4v) is 5.03. The molecule has 0 rings (SSSR count). The summed E-state index contributed by atoms with van der Waals surface area (Å²) >= 11 is 0. The van der Waals surface area contributed by atoms with E-state index in [4.69, 9.17) is 0 Å². The predicted octanol–water partition coefficient (Wildman–Crippen LogP) is 4.11. The SMILES string of the molecule is CCCCCCCCC(O)CCCCCCCCCCCC(CCC)S(=O)(=O)[O-].[Na+]. The zero-order valence-electron chi connectivity index (χ0n) is 20.4. The Bertz CT molecular complexity index is 442. The fourth-order valence-electron chi connectivity index (χ4n) is 4.05. The van der Waals surface area contributed by atoms with Crippen LogP contribution in [0.5, 0.6) is 0 Å². The minimum atomic E-state index is -4.12. The molecule has 4 nitrogen and oxygen atoms in total. The van der Waals surface area contributed by atoms with Crippen molar-refractivity contribution in [3.8, 4) is 0 Å². The molecule has 30 heavy (non-hydrogen) atoms. The smallest absolute Gasteiger partial charge is 0.748 e. The monoisotopic (exact) mass is 456 g/mol. The Morgan fingerprint density at radius 1 is 0.600 bits per heavy atom. The summed E-state index contributed by atoms with van der Waals surface area (Å²) < 4.78 is 33.6. The maximum atomic E-state index is 11.2. The molecular weight excluding hydrogens is 407 g/mol. The van der Waals surface area contributed by atoms with Gasteiger partial charge in [-0.25, -0.2) is 8.42 Å². The van der Waals surface area contributed by atoms with E-state index in [0.29, 0.717) is 12.8 Å². The normalized spacial score (nSPS) is 13.7. The molecule has 0 aromatic rings. The van der Waals surface area contributed by atoms with E-state index >= 15 is 0 Å². The van der Waals surface area contributed by atoms with Gasteiger partial charge in [-0.2, -0.15) is 0 Å². The van der Waals surface area contributed by atoms with Crippen molar-refractivity contribution in [2.24, 2.45) is 0 Å². The molecule has 0 spiro atoms. The quantitative estimate of drug-likeness (QED) is 0.151. The molecule has 0 aliphatic rings. The minimum Gasteiger partial charge on any atom is -0.748 e. The minimum absolute atomic E-state index is 0. The third-order valence-electron chi connectivity index (χ3n) is 5.97. The average molecular weight is 457 g/mol. The Kier molecular flexibility index (Phi) is 25.4. The average Bonchev–Trinajstić information content (AvgIpc) is 2.67. The van der Waals surface area contributed by atoms with Gasteiger partial charge in [0.15, 0.2) is 0 Å². The molecule has 0 amide bonds. The summed E-state index contributed by atoms with van der Waals surface area (Å²) in [5.74, 6) is 0. The molecule has 0 aliphatic heterocycles. The van der Waals surface area contributed by atoms with Crippen LogP contribution in [-0.2, 0) is 10.1 Å². The molecule has 176 valence electrons. The third kappa shape index (κ3) is 22.1. The summed E-state index contributed by atoms with van der Waals surface area (Å²) in [6.07, 6.45) is 21.6. The van der Waals surface area contributed by atoms with Gasteiger partial charge in [-0.3, -0.25) is 0 Å². The topological polar surface area (TPSA) is 77.4 Å². The van der Waals surface area contributed by atoms with Gasteiger partial charge in [-0.05, 0) is 25.7 Å². The molecule has 6 heteroatoms. The second-order valence-electron chi connectivity index (χ2n) is 8.87. The van der Waals surface area contributed by atoms with Gasteiger partial charge in [0, 0.05) is 5.25 Å². The Balaban J connectivity index is 0. The predicted molar refractivity (Wildman–Crippen MR) is 123 cm³/mol. The van der Waals surface area contributed by atoms with E-state index < -0.39 is 15.4 Å². The van der Waals surface area contributed by atoms with Crippen LogP contribution in [0, 0.1) is 0 Å². The summed E-state index contributed by atoms with van der Waals surface area (Å²) in [6, 6.07) is 0. The van der Waals surface area contributed by atoms with Crippen LogP contribution < -0.4 is 29.6 Å². The van der Waals surface area contributed by atoms with Crippen LogP contribution >= 0.6 is 0 Å². The first-order valence-electron chi connectivity index (χ1n) is 12.5. The van der Waals surface area contributed by atoms with Crippen molar-refractivity contribution in [1.29, 1.82) is 0 Å². The summed E-state index contributed by atoms with van der Waals surface area (Å²) in [5, 5.41) is 9.36. The molecule has 0 aromatic carbocycles. The molecule has 1 N–H and O–H groups in total. The van der Waals surface area contributed by atoms with E-state index in [1.165, 1.54) is 70.6 Å². The van der Waals surface area contributed by atoms with Crippen LogP contribution in [0.2, 0.25) is 0 Å². The zero-order chi connectivity index (χ0) is 21.8. The van der Waals surface area contributed by atoms with Gasteiger partial charge in [0.05, 0.1) is 16.2 Å². The van der Waals surface area contributed by atoms with Crippen molar-refractivity contribution < 1.29 is 47.6 Å². The van der Waals surface area contributed by atoms with Gasteiger partial charge in [-0.1, -0.05) is 117 Å². The molecule has 0 aromatic heterocycles. The molecule has 0 fully saturated rings. The van der Waals surface area contributed by atoms with Crippen molar-refractivity contribution in [3.63, 3.8) is 0 Å². The molecule has 0 radical (unpaired) electrons. The van der Waals surface area contributed by atoms with Crippen LogP contribution in [0.3, 0.4) is 0 Å². The van der Waals surface area contributed by atoms with Crippen LogP contribution in [-0.4, -0.2) is 29.4 Å².